The van der Waals surface area contributed by atoms with Crippen molar-refractivity contribution < 1.29 is 9.63 Å². The second-order valence-corrected chi connectivity index (χ2v) is 3.74. The van der Waals surface area contributed by atoms with Gasteiger partial charge in [0.15, 0.2) is 0 Å². The Hall–Kier alpha value is -1.39. The Morgan fingerprint density at radius 3 is 2.75 bits per heavy atom. The molecule has 0 aliphatic heterocycles. The van der Waals surface area contributed by atoms with Gasteiger partial charge in [0.05, 0.1) is 6.10 Å². The number of carbonyl (C=O) groups is 1. The SMILES string of the molecule is CC(CNC(=O)CCc1ccccc1)ON. The number of rotatable bonds is 6. The van der Waals surface area contributed by atoms with Crippen molar-refractivity contribution in [3.8, 4) is 0 Å². The van der Waals surface area contributed by atoms with E-state index in [0.717, 1.165) is 6.42 Å². The van der Waals surface area contributed by atoms with Crippen molar-refractivity contribution in [2.75, 3.05) is 6.54 Å². The maximum atomic E-state index is 11.4. The molecule has 0 aliphatic carbocycles. The van der Waals surface area contributed by atoms with Gasteiger partial charge in [0.1, 0.15) is 0 Å². The van der Waals surface area contributed by atoms with Gasteiger partial charge in [-0.25, -0.2) is 5.90 Å². The fourth-order valence-corrected chi connectivity index (χ4v) is 1.30. The molecule has 0 aliphatic rings. The molecule has 1 atom stereocenters. The zero-order valence-corrected chi connectivity index (χ0v) is 9.48. The van der Waals surface area contributed by atoms with E-state index in [1.165, 1.54) is 5.56 Å². The van der Waals surface area contributed by atoms with E-state index in [9.17, 15) is 4.79 Å². The van der Waals surface area contributed by atoms with Crippen LogP contribution in [0.15, 0.2) is 30.3 Å². The molecule has 0 spiro atoms. The predicted molar refractivity (Wildman–Crippen MR) is 62.5 cm³/mol. The molecule has 0 radical (unpaired) electrons. The number of nitrogens with one attached hydrogen (secondary N) is 1. The molecule has 88 valence electrons. The van der Waals surface area contributed by atoms with Crippen molar-refractivity contribution >= 4 is 5.91 Å². The molecule has 4 heteroatoms. The van der Waals surface area contributed by atoms with Crippen molar-refractivity contribution in [1.29, 1.82) is 0 Å². The third-order valence-corrected chi connectivity index (χ3v) is 2.30. The summed E-state index contributed by atoms with van der Waals surface area (Å²) in [4.78, 5) is 16.0. The Balaban J connectivity index is 2.20. The molecule has 3 N–H and O–H groups in total. The lowest BCUT2D eigenvalue weighted by molar-refractivity contribution is -0.121. The van der Waals surface area contributed by atoms with Gasteiger partial charge in [-0.3, -0.25) is 9.63 Å². The van der Waals surface area contributed by atoms with Gasteiger partial charge in [0, 0.05) is 13.0 Å². The van der Waals surface area contributed by atoms with Crippen LogP contribution in [0.3, 0.4) is 0 Å². The minimum Gasteiger partial charge on any atom is -0.353 e. The molecular weight excluding hydrogens is 204 g/mol. The molecule has 1 unspecified atom stereocenters. The Morgan fingerprint density at radius 2 is 2.12 bits per heavy atom. The molecule has 0 aromatic heterocycles. The molecule has 0 bridgehead atoms. The van der Waals surface area contributed by atoms with E-state index in [2.05, 4.69) is 10.2 Å². The number of benzene rings is 1. The summed E-state index contributed by atoms with van der Waals surface area (Å²) in [6, 6.07) is 9.93. The summed E-state index contributed by atoms with van der Waals surface area (Å²) in [5.74, 6) is 4.99. The first-order valence-electron chi connectivity index (χ1n) is 5.38. The van der Waals surface area contributed by atoms with Crippen LogP contribution in [0.1, 0.15) is 18.9 Å². The van der Waals surface area contributed by atoms with Crippen molar-refractivity contribution in [2.45, 2.75) is 25.9 Å². The first kappa shape index (κ1) is 12.7. The number of hydrogen-bond acceptors (Lipinski definition) is 3. The third-order valence-electron chi connectivity index (χ3n) is 2.30. The monoisotopic (exact) mass is 222 g/mol. The second-order valence-electron chi connectivity index (χ2n) is 3.74. The van der Waals surface area contributed by atoms with Gasteiger partial charge in [-0.2, -0.15) is 0 Å². The normalized spacial score (nSPS) is 12.1. The Morgan fingerprint density at radius 1 is 1.44 bits per heavy atom. The van der Waals surface area contributed by atoms with Crippen LogP contribution in [-0.4, -0.2) is 18.6 Å². The van der Waals surface area contributed by atoms with Crippen molar-refractivity contribution in [2.24, 2.45) is 5.90 Å². The van der Waals surface area contributed by atoms with E-state index in [4.69, 9.17) is 5.90 Å². The molecule has 4 nitrogen and oxygen atoms in total. The molecule has 1 aromatic rings. The highest BCUT2D eigenvalue weighted by atomic mass is 16.6. The lowest BCUT2D eigenvalue weighted by Gasteiger charge is -2.09. The second kappa shape index (κ2) is 6.98. The highest BCUT2D eigenvalue weighted by molar-refractivity contribution is 5.76. The lowest BCUT2D eigenvalue weighted by Crippen LogP contribution is -2.33. The first-order chi connectivity index (χ1) is 7.72. The summed E-state index contributed by atoms with van der Waals surface area (Å²) in [6.45, 7) is 2.25. The van der Waals surface area contributed by atoms with E-state index >= 15 is 0 Å². The zero-order valence-electron chi connectivity index (χ0n) is 9.48. The zero-order chi connectivity index (χ0) is 11.8. The standard InChI is InChI=1S/C12H18N2O2/c1-10(16-13)9-14-12(15)8-7-11-5-3-2-4-6-11/h2-6,10H,7-9,13H2,1H3,(H,14,15). The minimum atomic E-state index is -0.152. The molecule has 0 heterocycles. The van der Waals surface area contributed by atoms with Crippen molar-refractivity contribution in [1.82, 2.24) is 5.32 Å². The summed E-state index contributed by atoms with van der Waals surface area (Å²) >= 11 is 0. The van der Waals surface area contributed by atoms with Crippen LogP contribution in [0.25, 0.3) is 0 Å². The molecule has 16 heavy (non-hydrogen) atoms. The van der Waals surface area contributed by atoms with Crippen LogP contribution in [0.5, 0.6) is 0 Å². The van der Waals surface area contributed by atoms with E-state index in [1.807, 2.05) is 30.3 Å². The molecule has 0 saturated heterocycles. The average Bonchev–Trinajstić information content (AvgIpc) is 2.34. The van der Waals surface area contributed by atoms with Crippen LogP contribution in [0, 0.1) is 0 Å². The summed E-state index contributed by atoms with van der Waals surface area (Å²) in [5.41, 5.74) is 1.17. The maximum absolute atomic E-state index is 11.4. The van der Waals surface area contributed by atoms with Gasteiger partial charge in [0.2, 0.25) is 5.91 Å². The Kier molecular flexibility index (Phi) is 5.53. The van der Waals surface area contributed by atoms with Crippen LogP contribution < -0.4 is 11.2 Å². The van der Waals surface area contributed by atoms with E-state index in [-0.39, 0.29) is 12.0 Å². The van der Waals surface area contributed by atoms with E-state index < -0.39 is 0 Å². The molecule has 0 saturated carbocycles. The number of nitrogens with two attached hydrogens (primary N) is 1. The number of aryl methyl sites for hydroxylation is 1. The van der Waals surface area contributed by atoms with E-state index in [1.54, 1.807) is 6.92 Å². The molecule has 1 aromatic carbocycles. The van der Waals surface area contributed by atoms with Crippen LogP contribution in [-0.2, 0) is 16.1 Å². The van der Waals surface area contributed by atoms with Crippen LogP contribution in [0.2, 0.25) is 0 Å². The number of hydrogen-bond donors (Lipinski definition) is 2. The Labute approximate surface area is 95.7 Å². The van der Waals surface area contributed by atoms with Crippen molar-refractivity contribution in [3.05, 3.63) is 35.9 Å². The van der Waals surface area contributed by atoms with Gasteiger partial charge in [-0.1, -0.05) is 30.3 Å². The molecule has 1 amide bonds. The fraction of sp³-hybridized carbons (Fsp3) is 0.417. The largest absolute Gasteiger partial charge is 0.353 e. The highest BCUT2D eigenvalue weighted by Crippen LogP contribution is 2.01. The van der Waals surface area contributed by atoms with Crippen molar-refractivity contribution in [3.63, 3.8) is 0 Å². The fourth-order valence-electron chi connectivity index (χ4n) is 1.30. The quantitative estimate of drug-likeness (QED) is 0.706. The average molecular weight is 222 g/mol. The third kappa shape index (κ3) is 4.91. The Bertz CT molecular complexity index is 314. The van der Waals surface area contributed by atoms with Gasteiger partial charge in [-0.15, -0.1) is 0 Å². The van der Waals surface area contributed by atoms with E-state index in [0.29, 0.717) is 13.0 Å². The summed E-state index contributed by atoms with van der Waals surface area (Å²) in [6.07, 6.45) is 1.09. The van der Waals surface area contributed by atoms with Gasteiger partial charge in [0.25, 0.3) is 0 Å². The minimum absolute atomic E-state index is 0.0211. The molecule has 0 fully saturated rings. The van der Waals surface area contributed by atoms with Gasteiger partial charge >= 0.3 is 0 Å². The summed E-state index contributed by atoms with van der Waals surface area (Å²) < 4.78 is 0. The predicted octanol–water partition coefficient (Wildman–Crippen LogP) is 1.01. The molecular formula is C12H18N2O2. The van der Waals surface area contributed by atoms with Gasteiger partial charge in [-0.05, 0) is 18.9 Å². The summed E-state index contributed by atoms with van der Waals surface area (Å²) in [5, 5.41) is 2.76. The summed E-state index contributed by atoms with van der Waals surface area (Å²) in [7, 11) is 0. The lowest BCUT2D eigenvalue weighted by atomic mass is 10.1. The number of carbonyl (C=O) groups excluding carboxylic acids is 1. The van der Waals surface area contributed by atoms with Crippen LogP contribution >= 0.6 is 0 Å². The molecule has 1 rings (SSSR count). The maximum Gasteiger partial charge on any atom is 0.220 e. The van der Waals surface area contributed by atoms with Gasteiger partial charge < -0.3 is 5.32 Å². The highest BCUT2D eigenvalue weighted by Gasteiger charge is 2.04. The topological polar surface area (TPSA) is 64.3 Å². The smallest absolute Gasteiger partial charge is 0.220 e. The van der Waals surface area contributed by atoms with Crippen LogP contribution in [0.4, 0.5) is 0 Å². The first-order valence-corrected chi connectivity index (χ1v) is 5.38. The number of amides is 1.